The molecule has 148 valence electrons. The van der Waals surface area contributed by atoms with Crippen LogP contribution in [0.3, 0.4) is 0 Å². The van der Waals surface area contributed by atoms with Gasteiger partial charge in [0.05, 0.1) is 21.9 Å². The smallest absolute Gasteiger partial charge is 0.291 e. The van der Waals surface area contributed by atoms with Crippen LogP contribution in [-0.2, 0) is 0 Å². The predicted octanol–water partition coefficient (Wildman–Crippen LogP) is 5.10. The summed E-state index contributed by atoms with van der Waals surface area (Å²) in [6.07, 6.45) is 3.51. The molecule has 2 aromatic carbocycles. The van der Waals surface area contributed by atoms with E-state index in [2.05, 4.69) is 10.2 Å². The van der Waals surface area contributed by atoms with Crippen LogP contribution in [0.4, 0.5) is 17.1 Å². The summed E-state index contributed by atoms with van der Waals surface area (Å²) in [5, 5.41) is 14.2. The highest BCUT2D eigenvalue weighted by Crippen LogP contribution is 2.32. The third kappa shape index (κ3) is 3.99. The van der Waals surface area contributed by atoms with E-state index in [1.807, 2.05) is 24.3 Å². The van der Waals surface area contributed by atoms with Crippen LogP contribution >= 0.6 is 0 Å². The summed E-state index contributed by atoms with van der Waals surface area (Å²) < 4.78 is 5.65. The lowest BCUT2D eigenvalue weighted by Crippen LogP contribution is -2.30. The van der Waals surface area contributed by atoms with Crippen LogP contribution in [0.2, 0.25) is 0 Å². The van der Waals surface area contributed by atoms with Crippen LogP contribution < -0.4 is 10.2 Å². The molecule has 2 heterocycles. The van der Waals surface area contributed by atoms with Crippen molar-refractivity contribution in [2.24, 2.45) is 0 Å². The molecule has 0 atom stereocenters. The SMILES string of the molecule is O=C(Nc1ccccc1N1CCCCC1)c1ccc(-c2ccccc2[N+](=O)[O-])o1. The molecule has 0 radical (unpaired) electrons. The Bertz CT molecular complexity index is 1040. The molecule has 0 bridgehead atoms. The van der Waals surface area contributed by atoms with Gasteiger partial charge in [-0.25, -0.2) is 0 Å². The molecule has 1 saturated heterocycles. The molecular weight excluding hydrogens is 370 g/mol. The van der Waals surface area contributed by atoms with E-state index in [4.69, 9.17) is 4.42 Å². The molecule has 7 nitrogen and oxygen atoms in total. The fourth-order valence-corrected chi connectivity index (χ4v) is 3.62. The topological polar surface area (TPSA) is 88.6 Å². The summed E-state index contributed by atoms with van der Waals surface area (Å²) >= 11 is 0. The van der Waals surface area contributed by atoms with Crippen LogP contribution in [0.1, 0.15) is 29.8 Å². The Morgan fingerprint density at radius 2 is 1.69 bits per heavy atom. The lowest BCUT2D eigenvalue weighted by Gasteiger charge is -2.30. The molecule has 1 amide bonds. The van der Waals surface area contributed by atoms with E-state index in [0.29, 0.717) is 5.56 Å². The summed E-state index contributed by atoms with van der Waals surface area (Å²) in [4.78, 5) is 25.8. The van der Waals surface area contributed by atoms with Gasteiger partial charge in [-0.05, 0) is 49.6 Å². The maximum absolute atomic E-state index is 12.8. The number of carbonyl (C=O) groups is 1. The van der Waals surface area contributed by atoms with Gasteiger partial charge in [-0.3, -0.25) is 14.9 Å². The second-order valence-corrected chi connectivity index (χ2v) is 6.96. The van der Waals surface area contributed by atoms with Crippen LogP contribution in [-0.4, -0.2) is 23.9 Å². The van der Waals surface area contributed by atoms with Crippen LogP contribution in [0, 0.1) is 10.1 Å². The number of nitro benzene ring substituents is 1. The molecule has 7 heteroatoms. The molecular formula is C22H21N3O4. The van der Waals surface area contributed by atoms with Crippen LogP contribution in [0.25, 0.3) is 11.3 Å². The van der Waals surface area contributed by atoms with Gasteiger partial charge in [0.25, 0.3) is 11.6 Å². The molecule has 1 fully saturated rings. The van der Waals surface area contributed by atoms with E-state index >= 15 is 0 Å². The van der Waals surface area contributed by atoms with E-state index in [0.717, 1.165) is 37.3 Å². The average Bonchev–Trinajstić information content (AvgIpc) is 3.25. The van der Waals surface area contributed by atoms with Gasteiger partial charge >= 0.3 is 0 Å². The number of hydrogen-bond acceptors (Lipinski definition) is 5. The molecule has 0 saturated carbocycles. The van der Waals surface area contributed by atoms with Gasteiger partial charge in [-0.15, -0.1) is 0 Å². The van der Waals surface area contributed by atoms with Gasteiger partial charge in [0.2, 0.25) is 0 Å². The zero-order chi connectivity index (χ0) is 20.2. The second kappa shape index (κ2) is 8.18. The highest BCUT2D eigenvalue weighted by atomic mass is 16.6. The molecule has 1 aliphatic heterocycles. The quantitative estimate of drug-likeness (QED) is 0.483. The van der Waals surface area contributed by atoms with Crippen molar-refractivity contribution in [2.45, 2.75) is 19.3 Å². The van der Waals surface area contributed by atoms with Crippen molar-refractivity contribution in [1.82, 2.24) is 0 Å². The fraction of sp³-hybridized carbons (Fsp3) is 0.227. The first-order chi connectivity index (χ1) is 14.1. The zero-order valence-electron chi connectivity index (χ0n) is 15.8. The summed E-state index contributed by atoms with van der Waals surface area (Å²) in [7, 11) is 0. The minimum atomic E-state index is -0.466. The average molecular weight is 391 g/mol. The predicted molar refractivity (Wildman–Crippen MR) is 111 cm³/mol. The van der Waals surface area contributed by atoms with Crippen LogP contribution in [0.15, 0.2) is 65.1 Å². The molecule has 3 aromatic rings. The Morgan fingerprint density at radius 3 is 2.48 bits per heavy atom. The Kier molecular flexibility index (Phi) is 5.29. The van der Waals surface area contributed by atoms with Crippen LogP contribution in [0.5, 0.6) is 0 Å². The van der Waals surface area contributed by atoms with Crippen molar-refractivity contribution in [3.05, 3.63) is 76.5 Å². The number of carbonyl (C=O) groups excluding carboxylic acids is 1. The number of benzene rings is 2. The maximum atomic E-state index is 12.8. The van der Waals surface area contributed by atoms with Crippen molar-refractivity contribution < 1.29 is 14.1 Å². The summed E-state index contributed by atoms with van der Waals surface area (Å²) in [5.41, 5.74) is 1.99. The lowest BCUT2D eigenvalue weighted by atomic mass is 10.1. The number of nitrogens with one attached hydrogen (secondary N) is 1. The Labute approximate surface area is 168 Å². The third-order valence-electron chi connectivity index (χ3n) is 5.04. The second-order valence-electron chi connectivity index (χ2n) is 6.96. The first-order valence-corrected chi connectivity index (χ1v) is 9.62. The number of amides is 1. The number of nitro groups is 1. The third-order valence-corrected chi connectivity index (χ3v) is 5.04. The van der Waals surface area contributed by atoms with Crippen molar-refractivity contribution in [1.29, 1.82) is 0 Å². The molecule has 1 N–H and O–H groups in total. The number of furan rings is 1. The van der Waals surface area contributed by atoms with E-state index in [1.54, 1.807) is 24.3 Å². The van der Waals surface area contributed by atoms with Gasteiger partial charge in [0.1, 0.15) is 5.76 Å². The number of rotatable bonds is 5. The highest BCUT2D eigenvalue weighted by Gasteiger charge is 2.21. The molecule has 4 rings (SSSR count). The summed E-state index contributed by atoms with van der Waals surface area (Å²) in [6, 6.07) is 17.1. The van der Waals surface area contributed by atoms with Gasteiger partial charge in [-0.2, -0.15) is 0 Å². The minimum absolute atomic E-state index is 0.0655. The van der Waals surface area contributed by atoms with Gasteiger partial charge in [0.15, 0.2) is 5.76 Å². The standard InChI is InChI=1S/C22H21N3O4/c26-22(23-17-9-3-5-11-19(17)24-14-6-1-7-15-24)21-13-12-20(29-21)16-8-2-4-10-18(16)25(27)28/h2-5,8-13H,1,6-7,14-15H2,(H,23,26). The zero-order valence-corrected chi connectivity index (χ0v) is 15.8. The number of para-hydroxylation sites is 3. The minimum Gasteiger partial charge on any atom is -0.451 e. The fourth-order valence-electron chi connectivity index (χ4n) is 3.62. The molecule has 0 spiro atoms. The largest absolute Gasteiger partial charge is 0.451 e. The van der Waals surface area contributed by atoms with Gasteiger partial charge < -0.3 is 14.6 Å². The van der Waals surface area contributed by atoms with Crippen molar-refractivity contribution >= 4 is 23.0 Å². The van der Waals surface area contributed by atoms with Crippen molar-refractivity contribution in [2.75, 3.05) is 23.3 Å². The van der Waals surface area contributed by atoms with E-state index in [1.165, 1.54) is 18.6 Å². The van der Waals surface area contributed by atoms with Gasteiger partial charge in [0, 0.05) is 19.2 Å². The highest BCUT2D eigenvalue weighted by molar-refractivity contribution is 6.04. The maximum Gasteiger partial charge on any atom is 0.291 e. The molecule has 29 heavy (non-hydrogen) atoms. The first-order valence-electron chi connectivity index (χ1n) is 9.62. The lowest BCUT2D eigenvalue weighted by molar-refractivity contribution is -0.384. The summed E-state index contributed by atoms with van der Waals surface area (Å²) in [6.45, 7) is 1.94. The number of nitrogens with zero attached hydrogens (tertiary/aromatic N) is 2. The number of piperidine rings is 1. The van der Waals surface area contributed by atoms with Crippen molar-refractivity contribution in [3.8, 4) is 11.3 Å². The normalized spacial score (nSPS) is 13.9. The van der Waals surface area contributed by atoms with Gasteiger partial charge in [-0.1, -0.05) is 24.3 Å². The molecule has 1 aliphatic rings. The molecule has 1 aromatic heterocycles. The Balaban J connectivity index is 1.56. The van der Waals surface area contributed by atoms with Crippen molar-refractivity contribution in [3.63, 3.8) is 0 Å². The molecule has 0 unspecified atom stereocenters. The number of anilines is 2. The summed E-state index contributed by atoms with van der Waals surface area (Å²) in [5.74, 6) is -0.00217. The Hall–Kier alpha value is -3.61. The Morgan fingerprint density at radius 1 is 0.966 bits per heavy atom. The van der Waals surface area contributed by atoms with E-state index in [-0.39, 0.29) is 23.1 Å². The van der Waals surface area contributed by atoms with E-state index in [9.17, 15) is 14.9 Å². The number of hydrogen-bond donors (Lipinski definition) is 1. The van der Waals surface area contributed by atoms with E-state index < -0.39 is 4.92 Å². The molecule has 0 aliphatic carbocycles. The first kappa shape index (κ1) is 18.7. The monoisotopic (exact) mass is 391 g/mol.